The lowest BCUT2D eigenvalue weighted by molar-refractivity contribution is 0.0791. The van der Waals surface area contributed by atoms with E-state index in [4.69, 9.17) is 0 Å². The maximum absolute atomic E-state index is 13.0. The number of benzene rings is 2. The second kappa shape index (κ2) is 10.3. The van der Waals surface area contributed by atoms with Crippen LogP contribution >= 0.6 is 0 Å². The van der Waals surface area contributed by atoms with Crippen LogP contribution in [-0.4, -0.2) is 58.5 Å². The molecule has 1 heterocycles. The van der Waals surface area contributed by atoms with Gasteiger partial charge in [-0.2, -0.15) is 0 Å². The van der Waals surface area contributed by atoms with Crippen molar-refractivity contribution >= 4 is 27.3 Å². The summed E-state index contributed by atoms with van der Waals surface area (Å²) in [6.07, 6.45) is 3.30. The second-order valence-electron chi connectivity index (χ2n) is 7.18. The summed E-state index contributed by atoms with van der Waals surface area (Å²) in [6, 6.07) is 13.3. The first-order valence-electron chi connectivity index (χ1n) is 10.1. The molecule has 2 aromatic rings. The number of nitrogens with one attached hydrogen (secondary N) is 2. The average molecular weight is 441 g/mol. The summed E-state index contributed by atoms with van der Waals surface area (Å²) in [5.74, 6) is -0.216. The predicted octanol–water partition coefficient (Wildman–Crippen LogP) is 2.71. The second-order valence-corrected chi connectivity index (χ2v) is 8.86. The molecule has 0 unspecified atom stereocenters. The first-order valence-corrected chi connectivity index (χ1v) is 11.6. The Morgan fingerprint density at radius 3 is 2.32 bits per heavy atom. The Hall–Kier alpha value is -3.10. The molecular formula is C23H28N4O3S. The third kappa shape index (κ3) is 5.53. The molecule has 1 amide bonds. The molecule has 0 atom stereocenters. The highest BCUT2D eigenvalue weighted by Gasteiger charge is 2.22. The van der Waals surface area contributed by atoms with E-state index in [2.05, 4.69) is 28.1 Å². The van der Waals surface area contributed by atoms with Gasteiger partial charge in [-0.1, -0.05) is 30.4 Å². The number of hydrogen-bond donors (Lipinski definition) is 2. The molecule has 0 spiro atoms. The van der Waals surface area contributed by atoms with E-state index >= 15 is 0 Å². The summed E-state index contributed by atoms with van der Waals surface area (Å²) in [6.45, 7) is 11.2. The Morgan fingerprint density at radius 1 is 1.06 bits per heavy atom. The zero-order valence-electron chi connectivity index (χ0n) is 17.5. The summed E-state index contributed by atoms with van der Waals surface area (Å²) >= 11 is 0. The van der Waals surface area contributed by atoms with Crippen LogP contribution in [-0.2, 0) is 10.0 Å². The van der Waals surface area contributed by atoms with Crippen molar-refractivity contribution in [1.29, 1.82) is 0 Å². The summed E-state index contributed by atoms with van der Waals surface area (Å²) in [7, 11) is -3.81. The number of carbonyl (C=O) groups excluding carboxylic acids is 1. The SMILES string of the molecule is C=CCN(CC=C)C(=O)c1ccc(N2CCNCC2)c(NS(=O)(=O)c2ccccc2)c1. The van der Waals surface area contributed by atoms with Crippen LogP contribution in [0.25, 0.3) is 0 Å². The Kier molecular flexibility index (Phi) is 7.49. The first-order chi connectivity index (χ1) is 15.0. The Labute approximate surface area is 184 Å². The highest BCUT2D eigenvalue weighted by molar-refractivity contribution is 7.92. The molecule has 0 bridgehead atoms. The van der Waals surface area contributed by atoms with Crippen LogP contribution in [0.1, 0.15) is 10.4 Å². The van der Waals surface area contributed by atoms with Crippen molar-refractivity contribution in [3.63, 3.8) is 0 Å². The van der Waals surface area contributed by atoms with Crippen molar-refractivity contribution in [2.45, 2.75) is 4.90 Å². The summed E-state index contributed by atoms with van der Waals surface area (Å²) < 4.78 is 28.7. The highest BCUT2D eigenvalue weighted by Crippen LogP contribution is 2.30. The number of piperazine rings is 1. The van der Waals surface area contributed by atoms with E-state index in [-0.39, 0.29) is 10.8 Å². The van der Waals surface area contributed by atoms with E-state index in [0.29, 0.717) is 24.3 Å². The molecule has 0 aliphatic carbocycles. The zero-order chi connectivity index (χ0) is 22.3. The number of amides is 1. The van der Waals surface area contributed by atoms with Gasteiger partial charge < -0.3 is 15.1 Å². The minimum Gasteiger partial charge on any atom is -0.367 e. The zero-order valence-corrected chi connectivity index (χ0v) is 18.3. The Morgan fingerprint density at radius 2 is 1.71 bits per heavy atom. The van der Waals surface area contributed by atoms with E-state index in [9.17, 15) is 13.2 Å². The van der Waals surface area contributed by atoms with Crippen molar-refractivity contribution in [3.8, 4) is 0 Å². The molecule has 1 fully saturated rings. The van der Waals surface area contributed by atoms with E-state index in [1.165, 1.54) is 12.1 Å². The van der Waals surface area contributed by atoms with Crippen molar-refractivity contribution < 1.29 is 13.2 Å². The van der Waals surface area contributed by atoms with Crippen molar-refractivity contribution in [2.24, 2.45) is 0 Å². The molecule has 8 heteroatoms. The highest BCUT2D eigenvalue weighted by atomic mass is 32.2. The van der Waals surface area contributed by atoms with Crippen molar-refractivity contribution in [3.05, 3.63) is 79.4 Å². The number of rotatable bonds is 9. The monoisotopic (exact) mass is 440 g/mol. The molecule has 1 aliphatic heterocycles. The molecular weight excluding hydrogens is 412 g/mol. The standard InChI is InChI=1S/C23H28N4O3S/c1-3-14-27(15-4-2)23(28)19-10-11-22(26-16-12-24-13-17-26)21(18-19)25-31(29,30)20-8-6-5-7-9-20/h3-11,18,24-25H,1-2,12-17H2. The van der Waals surface area contributed by atoms with Crippen molar-refractivity contribution in [1.82, 2.24) is 10.2 Å². The van der Waals surface area contributed by atoms with Gasteiger partial charge in [0.1, 0.15) is 0 Å². The first kappa shape index (κ1) is 22.6. The molecule has 3 rings (SSSR count). The maximum atomic E-state index is 13.0. The number of anilines is 2. The molecule has 2 aromatic carbocycles. The van der Waals surface area contributed by atoms with Gasteiger partial charge in [0, 0.05) is 44.8 Å². The van der Waals surface area contributed by atoms with Crippen LogP contribution in [0.15, 0.2) is 78.7 Å². The number of sulfonamides is 1. The smallest absolute Gasteiger partial charge is 0.261 e. The third-order valence-corrected chi connectivity index (χ3v) is 6.37. The molecule has 0 aromatic heterocycles. The molecule has 1 saturated heterocycles. The molecule has 31 heavy (non-hydrogen) atoms. The molecule has 7 nitrogen and oxygen atoms in total. The van der Waals surface area contributed by atoms with Crippen LogP contribution in [0.4, 0.5) is 11.4 Å². The molecule has 164 valence electrons. The quantitative estimate of drug-likeness (QED) is 0.586. The van der Waals surface area contributed by atoms with Crippen molar-refractivity contribution in [2.75, 3.05) is 48.9 Å². The van der Waals surface area contributed by atoms with E-state index < -0.39 is 10.0 Å². The molecule has 0 radical (unpaired) electrons. The fourth-order valence-corrected chi connectivity index (χ4v) is 4.56. The van der Waals surface area contributed by atoms with Gasteiger partial charge in [0.25, 0.3) is 15.9 Å². The van der Waals surface area contributed by atoms with Gasteiger partial charge in [0.05, 0.1) is 16.3 Å². The lowest BCUT2D eigenvalue weighted by Crippen LogP contribution is -2.43. The minimum absolute atomic E-state index is 0.165. The topological polar surface area (TPSA) is 81.8 Å². The van der Waals surface area contributed by atoms with E-state index in [0.717, 1.165) is 31.9 Å². The van der Waals surface area contributed by atoms with Gasteiger partial charge in [-0.05, 0) is 30.3 Å². The number of hydrogen-bond acceptors (Lipinski definition) is 5. The van der Waals surface area contributed by atoms with Gasteiger partial charge in [-0.3, -0.25) is 9.52 Å². The lowest BCUT2D eigenvalue weighted by Gasteiger charge is -2.31. The van der Waals surface area contributed by atoms with Crippen LogP contribution in [0.3, 0.4) is 0 Å². The minimum atomic E-state index is -3.81. The number of nitrogens with zero attached hydrogens (tertiary/aromatic N) is 2. The van der Waals surface area contributed by atoms with E-state index in [1.807, 2.05) is 0 Å². The van der Waals surface area contributed by atoms with Gasteiger partial charge in [0.15, 0.2) is 0 Å². The molecule has 1 aliphatic rings. The lowest BCUT2D eigenvalue weighted by atomic mass is 10.1. The van der Waals surface area contributed by atoms with Crippen LogP contribution in [0.2, 0.25) is 0 Å². The summed E-state index contributed by atoms with van der Waals surface area (Å²) in [4.78, 5) is 16.9. The Balaban J connectivity index is 2.00. The molecule has 2 N–H and O–H groups in total. The normalized spacial score (nSPS) is 14.0. The van der Waals surface area contributed by atoms with Crippen LogP contribution < -0.4 is 14.9 Å². The fraction of sp³-hybridized carbons (Fsp3) is 0.261. The maximum Gasteiger partial charge on any atom is 0.261 e. The molecule has 0 saturated carbocycles. The largest absolute Gasteiger partial charge is 0.367 e. The van der Waals surface area contributed by atoms with Crippen LogP contribution in [0.5, 0.6) is 0 Å². The predicted molar refractivity (Wildman–Crippen MR) is 125 cm³/mol. The average Bonchev–Trinajstić information content (AvgIpc) is 2.79. The number of carbonyl (C=O) groups is 1. The van der Waals surface area contributed by atoms with Crippen LogP contribution in [0, 0.1) is 0 Å². The Bertz CT molecular complexity index is 1020. The fourth-order valence-electron chi connectivity index (χ4n) is 3.47. The van der Waals surface area contributed by atoms with Gasteiger partial charge >= 0.3 is 0 Å². The summed E-state index contributed by atoms with van der Waals surface area (Å²) in [5, 5.41) is 3.29. The van der Waals surface area contributed by atoms with E-state index in [1.54, 1.807) is 53.5 Å². The third-order valence-electron chi connectivity index (χ3n) is 4.99. The van der Waals surface area contributed by atoms with Gasteiger partial charge in [0.2, 0.25) is 0 Å². The van der Waals surface area contributed by atoms with Gasteiger partial charge in [-0.25, -0.2) is 8.42 Å². The summed E-state index contributed by atoms with van der Waals surface area (Å²) in [5.41, 5.74) is 1.53. The van der Waals surface area contributed by atoms with Gasteiger partial charge in [-0.15, -0.1) is 13.2 Å².